The number of likely N-dealkylation sites (N-methyl/N-ethyl adjacent to an activating group) is 1. The molecule has 0 aromatic heterocycles. The molecule has 0 spiro atoms. The van der Waals surface area contributed by atoms with Crippen LogP contribution in [0.2, 0.25) is 0 Å². The van der Waals surface area contributed by atoms with Gasteiger partial charge in [0.25, 0.3) is 0 Å². The van der Waals surface area contributed by atoms with E-state index < -0.39 is 0 Å². The highest BCUT2D eigenvalue weighted by Crippen LogP contribution is 2.36. The van der Waals surface area contributed by atoms with Gasteiger partial charge in [0.15, 0.2) is 0 Å². The van der Waals surface area contributed by atoms with Gasteiger partial charge in [-0.15, -0.1) is 0 Å². The van der Waals surface area contributed by atoms with E-state index in [1.165, 1.54) is 28.1 Å². The molecule has 1 nitrogen and oxygen atoms in total. The van der Waals surface area contributed by atoms with Gasteiger partial charge < -0.3 is 4.90 Å². The molecule has 1 aromatic rings. The number of allylic oxidation sites excluding steroid dienone is 1. The van der Waals surface area contributed by atoms with Crippen LogP contribution in [0.1, 0.15) is 16.7 Å². The zero-order chi connectivity index (χ0) is 9.59. The minimum absolute atomic E-state index is 1.01. The maximum Gasteiger partial charge on any atom is 0.0474 e. The van der Waals surface area contributed by atoms with Crippen molar-refractivity contribution in [2.75, 3.05) is 11.9 Å². The standard InChI is InChI=1S/C12H15N/c1-8-5-6-11-7-9(2)13(4)12(11)10(8)3/h5-6H,2,7H2,1,3-4H3. The van der Waals surface area contributed by atoms with E-state index in [1.807, 2.05) is 0 Å². The maximum atomic E-state index is 4.05. The molecule has 0 unspecified atom stereocenters. The van der Waals surface area contributed by atoms with Crippen LogP contribution in [0, 0.1) is 13.8 Å². The molecule has 0 N–H and O–H groups in total. The number of hydrogen-bond acceptors (Lipinski definition) is 1. The second-order valence-corrected chi connectivity index (χ2v) is 3.82. The predicted octanol–water partition coefficient (Wildman–Crippen LogP) is 2.81. The third kappa shape index (κ3) is 1.07. The lowest BCUT2D eigenvalue weighted by Gasteiger charge is -2.17. The predicted molar refractivity (Wildman–Crippen MR) is 57.2 cm³/mol. The van der Waals surface area contributed by atoms with Crippen LogP contribution >= 0.6 is 0 Å². The molecule has 0 amide bonds. The molecule has 1 aliphatic rings. The van der Waals surface area contributed by atoms with Crippen LogP contribution in [-0.2, 0) is 6.42 Å². The van der Waals surface area contributed by atoms with Crippen molar-refractivity contribution in [1.29, 1.82) is 0 Å². The van der Waals surface area contributed by atoms with Crippen LogP contribution in [0.4, 0.5) is 5.69 Å². The molecule has 1 heterocycles. The van der Waals surface area contributed by atoms with Gasteiger partial charge >= 0.3 is 0 Å². The van der Waals surface area contributed by atoms with Crippen LogP contribution in [0.5, 0.6) is 0 Å². The number of anilines is 1. The van der Waals surface area contributed by atoms with E-state index in [0.717, 1.165) is 6.42 Å². The molecule has 2 rings (SSSR count). The second kappa shape index (κ2) is 2.63. The molecular formula is C12H15N. The second-order valence-electron chi connectivity index (χ2n) is 3.82. The molecule has 0 bridgehead atoms. The van der Waals surface area contributed by atoms with Gasteiger partial charge in [-0.2, -0.15) is 0 Å². The Morgan fingerprint density at radius 1 is 1.31 bits per heavy atom. The van der Waals surface area contributed by atoms with E-state index in [4.69, 9.17) is 0 Å². The summed E-state index contributed by atoms with van der Waals surface area (Å²) in [4.78, 5) is 2.21. The Kier molecular flexibility index (Phi) is 1.69. The van der Waals surface area contributed by atoms with Crippen molar-refractivity contribution >= 4 is 5.69 Å². The Balaban J connectivity index is 2.66. The van der Waals surface area contributed by atoms with Crippen LogP contribution in [0.3, 0.4) is 0 Å². The summed E-state index contributed by atoms with van der Waals surface area (Å²) in [7, 11) is 2.10. The molecular weight excluding hydrogens is 158 g/mol. The van der Waals surface area contributed by atoms with Crippen LogP contribution in [-0.4, -0.2) is 7.05 Å². The quantitative estimate of drug-likeness (QED) is 0.583. The van der Waals surface area contributed by atoms with Gasteiger partial charge in [0.1, 0.15) is 0 Å². The molecule has 0 aliphatic carbocycles. The molecule has 1 aliphatic heterocycles. The maximum absolute atomic E-state index is 4.05. The number of hydrogen-bond donors (Lipinski definition) is 0. The van der Waals surface area contributed by atoms with Crippen LogP contribution in [0.25, 0.3) is 0 Å². The normalized spacial score (nSPS) is 15.0. The fraction of sp³-hybridized carbons (Fsp3) is 0.333. The number of fused-ring (bicyclic) bond motifs is 1. The fourth-order valence-electron chi connectivity index (χ4n) is 1.96. The Morgan fingerprint density at radius 2 is 2.00 bits per heavy atom. The molecule has 0 atom stereocenters. The van der Waals surface area contributed by atoms with Crippen LogP contribution < -0.4 is 4.90 Å². The number of nitrogens with zero attached hydrogens (tertiary/aromatic N) is 1. The first-order valence-electron chi connectivity index (χ1n) is 4.62. The van der Waals surface area contributed by atoms with E-state index >= 15 is 0 Å². The van der Waals surface area contributed by atoms with E-state index in [0.29, 0.717) is 0 Å². The van der Waals surface area contributed by atoms with Crippen LogP contribution in [0.15, 0.2) is 24.4 Å². The van der Waals surface area contributed by atoms with Crippen molar-refractivity contribution in [2.24, 2.45) is 0 Å². The average Bonchev–Trinajstić information content (AvgIpc) is 2.37. The third-order valence-electron chi connectivity index (χ3n) is 2.99. The number of benzene rings is 1. The monoisotopic (exact) mass is 173 g/mol. The van der Waals surface area contributed by atoms with Gasteiger partial charge in [0.05, 0.1) is 0 Å². The van der Waals surface area contributed by atoms with E-state index in [-0.39, 0.29) is 0 Å². The summed E-state index contributed by atoms with van der Waals surface area (Å²) in [5.74, 6) is 0. The summed E-state index contributed by atoms with van der Waals surface area (Å²) < 4.78 is 0. The van der Waals surface area contributed by atoms with Gasteiger partial charge in [-0.3, -0.25) is 0 Å². The SMILES string of the molecule is C=C1Cc2ccc(C)c(C)c2N1C. The summed E-state index contributed by atoms with van der Waals surface area (Å²) in [5, 5.41) is 0. The van der Waals surface area contributed by atoms with Crippen molar-refractivity contribution in [3.05, 3.63) is 41.1 Å². The van der Waals surface area contributed by atoms with Crippen molar-refractivity contribution in [2.45, 2.75) is 20.3 Å². The zero-order valence-electron chi connectivity index (χ0n) is 8.52. The van der Waals surface area contributed by atoms with E-state index in [2.05, 4.69) is 44.5 Å². The first kappa shape index (κ1) is 8.36. The third-order valence-corrected chi connectivity index (χ3v) is 2.99. The largest absolute Gasteiger partial charge is 0.348 e. The number of rotatable bonds is 0. The first-order chi connectivity index (χ1) is 6.11. The average molecular weight is 173 g/mol. The fourth-order valence-corrected chi connectivity index (χ4v) is 1.96. The smallest absolute Gasteiger partial charge is 0.0474 e. The minimum atomic E-state index is 1.01. The zero-order valence-corrected chi connectivity index (χ0v) is 8.52. The number of aryl methyl sites for hydroxylation is 1. The Labute approximate surface area is 79.7 Å². The first-order valence-corrected chi connectivity index (χ1v) is 4.62. The molecule has 1 aromatic carbocycles. The van der Waals surface area contributed by atoms with Gasteiger partial charge in [-0.1, -0.05) is 18.7 Å². The molecule has 1 heteroatoms. The summed E-state index contributed by atoms with van der Waals surface area (Å²) >= 11 is 0. The molecule has 0 saturated carbocycles. The van der Waals surface area contributed by atoms with Crippen molar-refractivity contribution in [1.82, 2.24) is 0 Å². The Bertz CT molecular complexity index is 377. The molecule has 0 radical (unpaired) electrons. The summed E-state index contributed by atoms with van der Waals surface area (Å²) in [5.41, 5.74) is 6.73. The lowest BCUT2D eigenvalue weighted by molar-refractivity contribution is 1.10. The minimum Gasteiger partial charge on any atom is -0.348 e. The highest BCUT2D eigenvalue weighted by atomic mass is 15.1. The van der Waals surface area contributed by atoms with Gasteiger partial charge in [0, 0.05) is 24.9 Å². The Morgan fingerprint density at radius 3 is 2.69 bits per heavy atom. The van der Waals surface area contributed by atoms with Crippen molar-refractivity contribution in [3.8, 4) is 0 Å². The summed E-state index contributed by atoms with van der Waals surface area (Å²) in [6, 6.07) is 4.41. The topological polar surface area (TPSA) is 3.24 Å². The van der Waals surface area contributed by atoms with E-state index in [1.54, 1.807) is 0 Å². The lowest BCUT2D eigenvalue weighted by Crippen LogP contribution is -2.11. The summed E-state index contributed by atoms with van der Waals surface area (Å²) in [6.45, 7) is 8.39. The lowest BCUT2D eigenvalue weighted by atomic mass is 10.0. The summed E-state index contributed by atoms with van der Waals surface area (Å²) in [6.07, 6.45) is 1.01. The van der Waals surface area contributed by atoms with Crippen molar-refractivity contribution in [3.63, 3.8) is 0 Å². The van der Waals surface area contributed by atoms with Gasteiger partial charge in [0.2, 0.25) is 0 Å². The van der Waals surface area contributed by atoms with Gasteiger partial charge in [-0.25, -0.2) is 0 Å². The molecule has 0 fully saturated rings. The highest BCUT2D eigenvalue weighted by Gasteiger charge is 2.21. The molecule has 0 saturated heterocycles. The molecule has 13 heavy (non-hydrogen) atoms. The van der Waals surface area contributed by atoms with E-state index in [9.17, 15) is 0 Å². The van der Waals surface area contributed by atoms with Crippen molar-refractivity contribution < 1.29 is 0 Å². The molecule has 68 valence electrons. The Hall–Kier alpha value is -1.24. The van der Waals surface area contributed by atoms with Gasteiger partial charge in [-0.05, 0) is 30.5 Å². The highest BCUT2D eigenvalue weighted by molar-refractivity contribution is 5.69.